The second kappa shape index (κ2) is 3.72. The van der Waals surface area contributed by atoms with Gasteiger partial charge >= 0.3 is 67.0 Å². The minimum absolute atomic E-state index is 0.799. The Morgan fingerprint density at radius 3 is 1.25 bits per heavy atom. The standard InChI is InChI=1S/C7H14.Zr/c1-6(2)5-7(3)4;/h6-7H,1-4H3;/q;+2. The number of hydrogen-bond acceptors (Lipinski definition) is 0. The number of rotatable bonds is 2. The molecule has 0 amide bonds. The summed E-state index contributed by atoms with van der Waals surface area (Å²) < 4.78 is 1.69. The van der Waals surface area contributed by atoms with Crippen molar-refractivity contribution in [3.63, 3.8) is 0 Å². The summed E-state index contributed by atoms with van der Waals surface area (Å²) in [6.45, 7) is 9.07. The van der Waals surface area contributed by atoms with Crippen LogP contribution in [0, 0.1) is 11.8 Å². The molecule has 44 valence electrons. The van der Waals surface area contributed by atoms with E-state index in [9.17, 15) is 0 Å². The third-order valence-corrected chi connectivity index (χ3v) is 4.08. The Morgan fingerprint density at radius 2 is 1.25 bits per heavy atom. The van der Waals surface area contributed by atoms with Crippen LogP contribution in [0.2, 0.25) is 0 Å². The van der Waals surface area contributed by atoms with Crippen molar-refractivity contribution in [3.05, 3.63) is 0 Å². The van der Waals surface area contributed by atoms with E-state index in [1.165, 1.54) is 0 Å². The predicted molar refractivity (Wildman–Crippen MR) is 34.7 cm³/mol. The average molecular weight is 189 g/mol. The summed E-state index contributed by atoms with van der Waals surface area (Å²) >= 11 is 1.61. The van der Waals surface area contributed by atoms with E-state index in [0.717, 1.165) is 11.8 Å². The Balaban J connectivity index is 3.65. The first-order valence-corrected chi connectivity index (χ1v) is 4.37. The van der Waals surface area contributed by atoms with Gasteiger partial charge in [0.15, 0.2) is 0 Å². The van der Waals surface area contributed by atoms with Crippen LogP contribution in [-0.2, 0) is 24.2 Å². The van der Waals surface area contributed by atoms with E-state index in [0.29, 0.717) is 0 Å². The summed E-state index contributed by atoms with van der Waals surface area (Å²) in [5.41, 5.74) is 0. The van der Waals surface area contributed by atoms with E-state index in [1.807, 2.05) is 0 Å². The summed E-state index contributed by atoms with van der Waals surface area (Å²) in [5.74, 6) is 1.60. The van der Waals surface area contributed by atoms with Gasteiger partial charge < -0.3 is 0 Å². The maximum absolute atomic E-state index is 2.27. The Kier molecular flexibility index (Phi) is 4.07. The van der Waals surface area contributed by atoms with E-state index in [4.69, 9.17) is 0 Å². The van der Waals surface area contributed by atoms with E-state index >= 15 is 0 Å². The first kappa shape index (κ1) is 8.75. The van der Waals surface area contributed by atoms with E-state index in [-0.39, 0.29) is 0 Å². The molecule has 0 aliphatic carbocycles. The van der Waals surface area contributed by atoms with E-state index in [1.54, 1.807) is 27.4 Å². The molecule has 0 aromatic carbocycles. The van der Waals surface area contributed by atoms with Gasteiger partial charge in [-0.2, -0.15) is 0 Å². The Bertz CT molecular complexity index is 72.4. The summed E-state index contributed by atoms with van der Waals surface area (Å²) in [6, 6.07) is 0. The van der Waals surface area contributed by atoms with Crippen LogP contribution >= 0.6 is 0 Å². The molecule has 0 nitrogen and oxygen atoms in total. The van der Waals surface area contributed by atoms with E-state index in [2.05, 4.69) is 27.7 Å². The average Bonchev–Trinajstić information content (AvgIpc) is 1.64. The van der Waals surface area contributed by atoms with Crippen molar-refractivity contribution in [1.29, 1.82) is 0 Å². The Morgan fingerprint density at radius 1 is 1.00 bits per heavy atom. The molecular weight excluding hydrogens is 175 g/mol. The molecule has 0 radical (unpaired) electrons. The molecule has 1 heteroatoms. The zero-order chi connectivity index (χ0) is 6.73. The molecule has 0 unspecified atom stereocenters. The zero-order valence-corrected chi connectivity index (χ0v) is 8.61. The molecule has 0 spiro atoms. The van der Waals surface area contributed by atoms with Crippen LogP contribution < -0.4 is 0 Å². The third kappa shape index (κ3) is 2.92. The van der Waals surface area contributed by atoms with Crippen molar-refractivity contribution < 1.29 is 24.2 Å². The summed E-state index contributed by atoms with van der Waals surface area (Å²) in [7, 11) is 0. The van der Waals surface area contributed by atoms with Crippen molar-refractivity contribution in [2.24, 2.45) is 11.8 Å². The van der Waals surface area contributed by atoms with Gasteiger partial charge in [-0.15, -0.1) is 0 Å². The first-order chi connectivity index (χ1) is 3.55. The van der Waals surface area contributed by atoms with Crippen LogP contribution in [0.3, 0.4) is 0 Å². The Labute approximate surface area is 67.0 Å². The molecule has 0 heterocycles. The van der Waals surface area contributed by atoms with Crippen LogP contribution in [0.5, 0.6) is 0 Å². The maximum atomic E-state index is 2.27. The molecule has 0 N–H and O–H groups in total. The quantitative estimate of drug-likeness (QED) is 0.623. The van der Waals surface area contributed by atoms with Gasteiger partial charge in [-0.1, -0.05) is 0 Å². The topological polar surface area (TPSA) is 0 Å². The normalized spacial score (nSPS) is 11.0. The van der Waals surface area contributed by atoms with Gasteiger partial charge in [0.25, 0.3) is 0 Å². The fourth-order valence-corrected chi connectivity index (χ4v) is 0.667. The molecule has 0 atom stereocenters. The van der Waals surface area contributed by atoms with Crippen molar-refractivity contribution in [2.75, 3.05) is 0 Å². The molecule has 0 aliphatic rings. The SMILES string of the molecule is CC(C)[C](=[Zr+2])C(C)C. The molecule has 0 aliphatic heterocycles. The molecule has 0 fully saturated rings. The molecule has 0 bridgehead atoms. The fraction of sp³-hybridized carbons (Fsp3) is 0.857. The minimum atomic E-state index is 0.799. The monoisotopic (exact) mass is 188 g/mol. The van der Waals surface area contributed by atoms with Gasteiger partial charge in [-0.3, -0.25) is 0 Å². The van der Waals surface area contributed by atoms with Crippen LogP contribution in [0.1, 0.15) is 27.7 Å². The van der Waals surface area contributed by atoms with Crippen molar-refractivity contribution in [1.82, 2.24) is 0 Å². The second-order valence-electron chi connectivity index (χ2n) is 2.76. The molecular formula is C7H14Zr+2. The second-order valence-corrected chi connectivity index (χ2v) is 4.18. The van der Waals surface area contributed by atoms with Crippen molar-refractivity contribution in [2.45, 2.75) is 27.7 Å². The van der Waals surface area contributed by atoms with Crippen LogP contribution in [0.4, 0.5) is 0 Å². The first-order valence-electron chi connectivity index (χ1n) is 3.14. The summed E-state index contributed by atoms with van der Waals surface area (Å²) in [5, 5.41) is 0. The summed E-state index contributed by atoms with van der Waals surface area (Å²) in [4.78, 5) is 0. The van der Waals surface area contributed by atoms with Crippen molar-refractivity contribution in [3.8, 4) is 0 Å². The van der Waals surface area contributed by atoms with Gasteiger partial charge in [0.05, 0.1) is 0 Å². The molecule has 0 saturated heterocycles. The predicted octanol–water partition coefficient (Wildman–Crippen LogP) is 2.02. The third-order valence-electron chi connectivity index (χ3n) is 1.24. The zero-order valence-electron chi connectivity index (χ0n) is 6.15. The van der Waals surface area contributed by atoms with Crippen LogP contribution in [-0.4, -0.2) is 3.21 Å². The van der Waals surface area contributed by atoms with Crippen LogP contribution in [0.25, 0.3) is 0 Å². The fourth-order valence-electron chi connectivity index (χ4n) is 0.667. The van der Waals surface area contributed by atoms with Gasteiger partial charge in [0.1, 0.15) is 0 Å². The molecule has 0 rings (SSSR count). The number of hydrogen-bond donors (Lipinski definition) is 0. The molecule has 0 aromatic heterocycles. The molecule has 8 heavy (non-hydrogen) atoms. The molecule has 0 saturated carbocycles. The van der Waals surface area contributed by atoms with Gasteiger partial charge in [-0.25, -0.2) is 0 Å². The summed E-state index contributed by atoms with van der Waals surface area (Å²) in [6.07, 6.45) is 0. The van der Waals surface area contributed by atoms with Gasteiger partial charge in [-0.05, 0) is 0 Å². The van der Waals surface area contributed by atoms with Crippen LogP contribution in [0.15, 0.2) is 0 Å². The van der Waals surface area contributed by atoms with E-state index < -0.39 is 0 Å². The Hall–Kier alpha value is 0.753. The van der Waals surface area contributed by atoms with Crippen molar-refractivity contribution >= 4 is 3.21 Å². The van der Waals surface area contributed by atoms with Gasteiger partial charge in [0.2, 0.25) is 0 Å². The molecule has 0 aromatic rings. The van der Waals surface area contributed by atoms with Gasteiger partial charge in [0, 0.05) is 0 Å².